The monoisotopic (exact) mass is 326 g/mol. The fraction of sp³-hybridized carbons (Fsp3) is 0.600. The first-order chi connectivity index (χ1) is 9.15. The molecule has 1 N–H and O–H groups in total. The van der Waals surface area contributed by atoms with Crippen molar-refractivity contribution in [1.82, 2.24) is 4.90 Å². The van der Waals surface area contributed by atoms with E-state index in [1.807, 2.05) is 12.1 Å². The van der Waals surface area contributed by atoms with Crippen LogP contribution in [0.25, 0.3) is 0 Å². The minimum Gasteiger partial charge on any atom is -0.392 e. The van der Waals surface area contributed by atoms with Crippen LogP contribution in [-0.2, 0) is 6.61 Å². The van der Waals surface area contributed by atoms with E-state index in [-0.39, 0.29) is 6.61 Å². The second-order valence-electron chi connectivity index (χ2n) is 5.25. The second-order valence-corrected chi connectivity index (χ2v) is 6.10. The van der Waals surface area contributed by atoms with Gasteiger partial charge in [-0.3, -0.25) is 4.90 Å². The van der Waals surface area contributed by atoms with Crippen LogP contribution in [0.15, 0.2) is 22.7 Å². The number of anilines is 1. The zero-order valence-corrected chi connectivity index (χ0v) is 13.4. The van der Waals surface area contributed by atoms with Crippen molar-refractivity contribution < 1.29 is 5.11 Å². The van der Waals surface area contributed by atoms with Crippen LogP contribution in [0.2, 0.25) is 0 Å². The van der Waals surface area contributed by atoms with E-state index in [0.717, 1.165) is 23.1 Å². The van der Waals surface area contributed by atoms with Gasteiger partial charge in [0, 0.05) is 24.1 Å². The Balaban J connectivity index is 2.05. The zero-order chi connectivity index (χ0) is 13.8. The minimum absolute atomic E-state index is 0.0921. The van der Waals surface area contributed by atoms with Gasteiger partial charge in [0.1, 0.15) is 0 Å². The molecular formula is C15H23BrN2O. The predicted molar refractivity (Wildman–Crippen MR) is 83.6 cm³/mol. The van der Waals surface area contributed by atoms with Gasteiger partial charge in [-0.25, -0.2) is 0 Å². The quantitative estimate of drug-likeness (QED) is 0.901. The fourth-order valence-corrected chi connectivity index (χ4v) is 3.62. The zero-order valence-electron chi connectivity index (χ0n) is 11.8. The molecule has 0 radical (unpaired) electrons. The van der Waals surface area contributed by atoms with Gasteiger partial charge >= 0.3 is 0 Å². The largest absolute Gasteiger partial charge is 0.392 e. The van der Waals surface area contributed by atoms with E-state index >= 15 is 0 Å². The first-order valence-electron chi connectivity index (χ1n) is 7.00. The first kappa shape index (κ1) is 14.8. The average molecular weight is 327 g/mol. The van der Waals surface area contributed by atoms with E-state index in [2.05, 4.69) is 45.8 Å². The number of hydrogen-bond donors (Lipinski definition) is 1. The van der Waals surface area contributed by atoms with Crippen LogP contribution in [0.4, 0.5) is 5.69 Å². The Labute approximate surface area is 124 Å². The third-order valence-electron chi connectivity index (χ3n) is 4.00. The molecule has 1 atom stereocenters. The Morgan fingerprint density at radius 3 is 2.89 bits per heavy atom. The summed E-state index contributed by atoms with van der Waals surface area (Å²) in [6.45, 7) is 5.77. The van der Waals surface area contributed by atoms with Crippen molar-refractivity contribution in [3.05, 3.63) is 28.2 Å². The molecule has 1 aromatic rings. The molecule has 1 aliphatic heterocycles. The van der Waals surface area contributed by atoms with Crippen LogP contribution in [0.3, 0.4) is 0 Å². The van der Waals surface area contributed by atoms with Crippen molar-refractivity contribution >= 4 is 21.6 Å². The summed E-state index contributed by atoms with van der Waals surface area (Å²) in [5, 5.41) is 9.15. The molecule has 0 aliphatic carbocycles. The number of nitrogens with zero attached hydrogens (tertiary/aromatic N) is 2. The van der Waals surface area contributed by atoms with Crippen LogP contribution in [0.1, 0.15) is 25.3 Å². The fourth-order valence-electron chi connectivity index (χ4n) is 2.89. The molecular weight excluding hydrogens is 304 g/mol. The number of halogens is 1. The highest BCUT2D eigenvalue weighted by Crippen LogP contribution is 2.28. The predicted octanol–water partition coefficient (Wildman–Crippen LogP) is 2.86. The molecule has 1 fully saturated rings. The van der Waals surface area contributed by atoms with Gasteiger partial charge in [0.25, 0.3) is 0 Å². The Morgan fingerprint density at radius 1 is 1.47 bits per heavy atom. The van der Waals surface area contributed by atoms with Crippen molar-refractivity contribution in [2.75, 3.05) is 31.6 Å². The molecule has 0 saturated carbocycles. The van der Waals surface area contributed by atoms with E-state index in [1.165, 1.54) is 25.1 Å². The lowest BCUT2D eigenvalue weighted by atomic mass is 10.1. The summed E-state index contributed by atoms with van der Waals surface area (Å²) in [6.07, 6.45) is 2.61. The van der Waals surface area contributed by atoms with Crippen LogP contribution < -0.4 is 4.90 Å². The van der Waals surface area contributed by atoms with Gasteiger partial charge < -0.3 is 10.0 Å². The van der Waals surface area contributed by atoms with Gasteiger partial charge in [-0.1, -0.05) is 13.0 Å². The molecule has 1 aromatic carbocycles. The summed E-state index contributed by atoms with van der Waals surface area (Å²) >= 11 is 3.60. The number of benzene rings is 1. The van der Waals surface area contributed by atoms with Gasteiger partial charge in [-0.05, 0) is 59.6 Å². The maximum Gasteiger partial charge on any atom is 0.0682 e. The highest BCUT2D eigenvalue weighted by atomic mass is 79.9. The third kappa shape index (κ3) is 3.50. The molecule has 0 amide bonds. The lowest BCUT2D eigenvalue weighted by molar-refractivity contribution is 0.270. The highest BCUT2D eigenvalue weighted by Gasteiger charge is 2.24. The van der Waals surface area contributed by atoms with E-state index in [0.29, 0.717) is 6.04 Å². The number of likely N-dealkylation sites (tertiary alicyclic amines) is 1. The minimum atomic E-state index is 0.0921. The molecule has 1 unspecified atom stereocenters. The summed E-state index contributed by atoms with van der Waals surface area (Å²) in [6, 6.07) is 6.74. The number of hydrogen-bond acceptors (Lipinski definition) is 3. The molecule has 4 heteroatoms. The number of likely N-dealkylation sites (N-methyl/N-ethyl adjacent to an activating group) is 2. The lowest BCUT2D eigenvalue weighted by Gasteiger charge is -2.29. The average Bonchev–Trinajstić information content (AvgIpc) is 2.85. The van der Waals surface area contributed by atoms with Gasteiger partial charge in [-0.15, -0.1) is 0 Å². The maximum absolute atomic E-state index is 9.15. The maximum atomic E-state index is 9.15. The van der Waals surface area contributed by atoms with Gasteiger partial charge in [0.15, 0.2) is 0 Å². The second kappa shape index (κ2) is 6.73. The summed E-state index contributed by atoms with van der Waals surface area (Å²) in [5.41, 5.74) is 2.14. The van der Waals surface area contributed by atoms with E-state index in [1.54, 1.807) is 0 Å². The van der Waals surface area contributed by atoms with Crippen molar-refractivity contribution in [2.45, 2.75) is 32.4 Å². The number of aliphatic hydroxyl groups is 1. The summed E-state index contributed by atoms with van der Waals surface area (Å²) in [5.74, 6) is 0. The topological polar surface area (TPSA) is 26.7 Å². The van der Waals surface area contributed by atoms with Crippen LogP contribution in [0, 0.1) is 0 Å². The Hall–Kier alpha value is -0.580. The molecule has 0 bridgehead atoms. The Bertz CT molecular complexity index is 425. The molecule has 0 spiro atoms. The molecule has 2 rings (SSSR count). The van der Waals surface area contributed by atoms with Crippen LogP contribution >= 0.6 is 15.9 Å². The Morgan fingerprint density at radius 2 is 2.26 bits per heavy atom. The first-order valence-corrected chi connectivity index (χ1v) is 7.79. The van der Waals surface area contributed by atoms with Gasteiger partial charge in [0.05, 0.1) is 12.3 Å². The molecule has 1 aliphatic rings. The molecule has 106 valence electrons. The van der Waals surface area contributed by atoms with Gasteiger partial charge in [-0.2, -0.15) is 0 Å². The highest BCUT2D eigenvalue weighted by molar-refractivity contribution is 9.10. The molecule has 3 nitrogen and oxygen atoms in total. The summed E-state index contributed by atoms with van der Waals surface area (Å²) in [7, 11) is 2.14. The molecule has 19 heavy (non-hydrogen) atoms. The third-order valence-corrected chi connectivity index (χ3v) is 4.63. The van der Waals surface area contributed by atoms with E-state index in [4.69, 9.17) is 5.11 Å². The van der Waals surface area contributed by atoms with Crippen molar-refractivity contribution in [3.8, 4) is 0 Å². The standard InChI is InChI=1S/C15H23BrN2O/c1-3-18-8-4-5-13(18)10-17(2)15-7-6-12(11-19)9-14(15)16/h6-7,9,13,19H,3-5,8,10-11H2,1-2H3. The lowest BCUT2D eigenvalue weighted by Crippen LogP contribution is -2.38. The number of aliphatic hydroxyl groups excluding tert-OH is 1. The normalized spacial score (nSPS) is 19.9. The van der Waals surface area contributed by atoms with Crippen LogP contribution in [-0.4, -0.2) is 42.7 Å². The van der Waals surface area contributed by atoms with Crippen molar-refractivity contribution in [1.29, 1.82) is 0 Å². The summed E-state index contributed by atoms with van der Waals surface area (Å²) < 4.78 is 1.06. The molecule has 1 heterocycles. The summed E-state index contributed by atoms with van der Waals surface area (Å²) in [4.78, 5) is 4.87. The number of rotatable bonds is 5. The SMILES string of the molecule is CCN1CCCC1CN(C)c1ccc(CO)cc1Br. The Kier molecular flexibility index (Phi) is 5.25. The van der Waals surface area contributed by atoms with Crippen LogP contribution in [0.5, 0.6) is 0 Å². The van der Waals surface area contributed by atoms with E-state index in [9.17, 15) is 0 Å². The molecule has 1 saturated heterocycles. The van der Waals surface area contributed by atoms with Crippen molar-refractivity contribution in [2.24, 2.45) is 0 Å². The van der Waals surface area contributed by atoms with E-state index < -0.39 is 0 Å². The van der Waals surface area contributed by atoms with Crippen molar-refractivity contribution in [3.63, 3.8) is 0 Å². The molecule has 0 aromatic heterocycles. The smallest absolute Gasteiger partial charge is 0.0682 e. The van der Waals surface area contributed by atoms with Gasteiger partial charge in [0.2, 0.25) is 0 Å².